The fourth-order valence-electron chi connectivity index (χ4n) is 8.21. The summed E-state index contributed by atoms with van der Waals surface area (Å²) in [6, 6.07) is 5.59. The van der Waals surface area contributed by atoms with Crippen LogP contribution >= 0.6 is 0 Å². The summed E-state index contributed by atoms with van der Waals surface area (Å²) < 4.78 is 0. The minimum atomic E-state index is -0.521. The second-order valence-electron chi connectivity index (χ2n) is 11.4. The van der Waals surface area contributed by atoms with Crippen molar-refractivity contribution < 1.29 is 19.6 Å². The maximum Gasteiger partial charge on any atom is 0.269 e. The Hall–Kier alpha value is -2.28. The number of nitrogens with zero attached hydrogens (tertiary/aromatic N) is 2. The molecule has 0 aromatic heterocycles. The molecule has 2 amide bonds. The molecule has 3 saturated carbocycles. The van der Waals surface area contributed by atoms with E-state index in [-0.39, 0.29) is 34.9 Å². The molecule has 1 aliphatic heterocycles. The summed E-state index contributed by atoms with van der Waals surface area (Å²) >= 11 is 0. The van der Waals surface area contributed by atoms with Gasteiger partial charge in [-0.3, -0.25) is 24.6 Å². The number of amides is 2. The Labute approximate surface area is 194 Å². The van der Waals surface area contributed by atoms with Crippen molar-refractivity contribution in [2.24, 2.45) is 29.1 Å². The molecule has 7 atom stereocenters. The fourth-order valence-corrected chi connectivity index (χ4v) is 8.21. The largest absolute Gasteiger partial charge is 0.393 e. The summed E-state index contributed by atoms with van der Waals surface area (Å²) in [6.45, 7) is 4.52. The molecule has 1 aromatic carbocycles. The third kappa shape index (κ3) is 3.42. The van der Waals surface area contributed by atoms with Crippen LogP contribution in [-0.4, -0.2) is 38.4 Å². The number of benzene rings is 1. The standard InChI is InChI=1S/C26H34N2O5/c1-25-13-11-19(29)15-17(25)5-8-20-21(25)12-14-26(2)22(20)9-10-23(30)27(26)24(31)16-3-6-18(7-4-16)28(32)33/h3-4,6-7,17,19-22,29H,5,8-15H2,1-2H3/t17?,19-,20+,21-,22-,25-,26-/m0/s1. The molecule has 0 radical (unpaired) electrons. The van der Waals surface area contributed by atoms with E-state index >= 15 is 0 Å². The number of likely N-dealkylation sites (tertiary alicyclic amines) is 1. The monoisotopic (exact) mass is 454 g/mol. The summed E-state index contributed by atoms with van der Waals surface area (Å²) in [7, 11) is 0. The molecule has 33 heavy (non-hydrogen) atoms. The SMILES string of the molecule is C[C@]12CC[C@H](O)CC1CC[C@@H]1[C@@H]2CC[C@@]2(C)[C@H]1CCC(=O)N2C(=O)c1ccc([N+](=O)[O-])cc1. The summed E-state index contributed by atoms with van der Waals surface area (Å²) in [5, 5.41) is 21.2. The normalized spacial score (nSPS) is 40.4. The van der Waals surface area contributed by atoms with Crippen LogP contribution in [0.2, 0.25) is 0 Å². The van der Waals surface area contributed by atoms with Crippen LogP contribution in [0.1, 0.15) is 82.0 Å². The first-order valence-corrected chi connectivity index (χ1v) is 12.4. The lowest BCUT2D eigenvalue weighted by Gasteiger charge is -2.63. The van der Waals surface area contributed by atoms with E-state index in [0.29, 0.717) is 29.7 Å². The number of fused-ring (bicyclic) bond motifs is 5. The first-order chi connectivity index (χ1) is 15.6. The molecule has 0 spiro atoms. The third-order valence-corrected chi connectivity index (χ3v) is 9.95. The van der Waals surface area contributed by atoms with Gasteiger partial charge in [-0.15, -0.1) is 0 Å². The summed E-state index contributed by atoms with van der Waals surface area (Å²) in [5.41, 5.74) is -0.0242. The van der Waals surface area contributed by atoms with Crippen LogP contribution in [0.5, 0.6) is 0 Å². The average Bonchev–Trinajstić information content (AvgIpc) is 2.78. The summed E-state index contributed by atoms with van der Waals surface area (Å²) in [4.78, 5) is 38.7. The van der Waals surface area contributed by atoms with Crippen molar-refractivity contribution in [1.82, 2.24) is 4.90 Å². The summed E-state index contributed by atoms with van der Waals surface area (Å²) in [5.74, 6) is 1.44. The molecule has 7 nitrogen and oxygen atoms in total. The Morgan fingerprint density at radius 3 is 2.48 bits per heavy atom. The highest BCUT2D eigenvalue weighted by Gasteiger charge is 2.60. The number of aliphatic hydroxyl groups is 1. The van der Waals surface area contributed by atoms with Gasteiger partial charge in [-0.2, -0.15) is 0 Å². The van der Waals surface area contributed by atoms with E-state index in [1.165, 1.54) is 29.2 Å². The van der Waals surface area contributed by atoms with Gasteiger partial charge in [0.15, 0.2) is 0 Å². The number of carbonyl (C=O) groups is 2. The van der Waals surface area contributed by atoms with Crippen molar-refractivity contribution >= 4 is 17.5 Å². The molecule has 1 N–H and O–H groups in total. The van der Waals surface area contributed by atoms with E-state index in [2.05, 4.69) is 13.8 Å². The van der Waals surface area contributed by atoms with Gasteiger partial charge in [0.1, 0.15) is 0 Å². The highest BCUT2D eigenvalue weighted by atomic mass is 16.6. The number of non-ortho nitro benzene ring substituents is 1. The Balaban J connectivity index is 1.44. The van der Waals surface area contributed by atoms with Gasteiger partial charge in [-0.25, -0.2) is 0 Å². The molecule has 1 aromatic rings. The van der Waals surface area contributed by atoms with E-state index in [4.69, 9.17) is 0 Å². The molecule has 7 heteroatoms. The first kappa shape index (κ1) is 22.5. The smallest absolute Gasteiger partial charge is 0.269 e. The molecule has 1 heterocycles. The maximum atomic E-state index is 13.5. The number of imide groups is 1. The lowest BCUT2D eigenvalue weighted by atomic mass is 9.45. The van der Waals surface area contributed by atoms with Gasteiger partial charge < -0.3 is 5.11 Å². The van der Waals surface area contributed by atoms with Crippen molar-refractivity contribution in [3.8, 4) is 0 Å². The van der Waals surface area contributed by atoms with Crippen LogP contribution < -0.4 is 0 Å². The molecular weight excluding hydrogens is 420 g/mol. The molecule has 4 aliphatic rings. The molecule has 1 saturated heterocycles. The number of hydrogen-bond acceptors (Lipinski definition) is 5. The molecule has 3 aliphatic carbocycles. The molecule has 0 bridgehead atoms. The van der Waals surface area contributed by atoms with E-state index in [1.807, 2.05) is 0 Å². The van der Waals surface area contributed by atoms with Gasteiger partial charge in [0.05, 0.1) is 16.6 Å². The van der Waals surface area contributed by atoms with Crippen LogP contribution in [0, 0.1) is 39.2 Å². The molecule has 1 unspecified atom stereocenters. The average molecular weight is 455 g/mol. The van der Waals surface area contributed by atoms with Crippen LogP contribution in [0.3, 0.4) is 0 Å². The Kier molecular flexibility index (Phi) is 5.39. The topological polar surface area (TPSA) is 101 Å². The molecule has 4 fully saturated rings. The molecule has 5 rings (SSSR count). The van der Waals surface area contributed by atoms with Gasteiger partial charge >= 0.3 is 0 Å². The van der Waals surface area contributed by atoms with Crippen molar-refractivity contribution in [3.63, 3.8) is 0 Å². The van der Waals surface area contributed by atoms with Crippen LogP contribution in [-0.2, 0) is 4.79 Å². The van der Waals surface area contributed by atoms with Crippen molar-refractivity contribution in [1.29, 1.82) is 0 Å². The zero-order chi connectivity index (χ0) is 23.5. The Morgan fingerprint density at radius 1 is 1.06 bits per heavy atom. The van der Waals surface area contributed by atoms with Gasteiger partial charge in [0.25, 0.3) is 11.6 Å². The minimum absolute atomic E-state index is 0.0660. The van der Waals surface area contributed by atoms with Crippen molar-refractivity contribution in [2.45, 2.75) is 83.3 Å². The third-order valence-electron chi connectivity index (χ3n) is 9.95. The Bertz CT molecular complexity index is 977. The molecule has 178 valence electrons. The van der Waals surface area contributed by atoms with Crippen LogP contribution in [0.25, 0.3) is 0 Å². The van der Waals surface area contributed by atoms with Crippen LogP contribution in [0.4, 0.5) is 5.69 Å². The quantitative estimate of drug-likeness (QED) is 0.396. The Morgan fingerprint density at radius 2 is 1.79 bits per heavy atom. The minimum Gasteiger partial charge on any atom is -0.393 e. The highest BCUT2D eigenvalue weighted by molar-refractivity contribution is 6.06. The number of nitro benzene ring substituents is 1. The van der Waals surface area contributed by atoms with Crippen molar-refractivity contribution in [3.05, 3.63) is 39.9 Å². The predicted octanol–water partition coefficient (Wildman–Crippen LogP) is 4.72. The van der Waals surface area contributed by atoms with Gasteiger partial charge in [-0.05, 0) is 99.5 Å². The highest BCUT2D eigenvalue weighted by Crippen LogP contribution is 2.63. The van der Waals surface area contributed by atoms with Crippen molar-refractivity contribution in [2.75, 3.05) is 0 Å². The maximum absolute atomic E-state index is 13.5. The number of carbonyl (C=O) groups excluding carboxylic acids is 2. The number of hydrogen-bond donors (Lipinski definition) is 1. The number of aliphatic hydroxyl groups excluding tert-OH is 1. The predicted molar refractivity (Wildman–Crippen MR) is 122 cm³/mol. The molecular formula is C26H34N2O5. The van der Waals surface area contributed by atoms with Gasteiger partial charge in [0.2, 0.25) is 5.91 Å². The second kappa shape index (κ2) is 7.90. The van der Waals surface area contributed by atoms with E-state index in [9.17, 15) is 24.8 Å². The van der Waals surface area contributed by atoms with Crippen LogP contribution in [0.15, 0.2) is 24.3 Å². The second-order valence-corrected chi connectivity index (χ2v) is 11.4. The number of rotatable bonds is 2. The fraction of sp³-hybridized carbons (Fsp3) is 0.692. The zero-order valence-electron chi connectivity index (χ0n) is 19.5. The summed E-state index contributed by atoms with van der Waals surface area (Å²) in [6.07, 6.45) is 7.89. The number of piperidine rings is 1. The lowest BCUT2D eigenvalue weighted by molar-refractivity contribution is -0.384. The lowest BCUT2D eigenvalue weighted by Crippen LogP contribution is -2.66. The first-order valence-electron chi connectivity index (χ1n) is 12.4. The van der Waals surface area contributed by atoms with E-state index < -0.39 is 10.5 Å². The van der Waals surface area contributed by atoms with Gasteiger partial charge in [-0.1, -0.05) is 6.92 Å². The van der Waals surface area contributed by atoms with E-state index in [1.54, 1.807) is 0 Å². The van der Waals surface area contributed by atoms with E-state index in [0.717, 1.165) is 51.4 Å². The number of nitro groups is 1. The van der Waals surface area contributed by atoms with Gasteiger partial charge in [0, 0.05) is 24.1 Å². The zero-order valence-corrected chi connectivity index (χ0v) is 19.5.